The number of hydrogen-bond donors (Lipinski definition) is 1. The van der Waals surface area contributed by atoms with Crippen LogP contribution in [0.5, 0.6) is 0 Å². The second-order valence-corrected chi connectivity index (χ2v) is 5.05. The molecule has 0 radical (unpaired) electrons. The molecule has 5 heteroatoms. The summed E-state index contributed by atoms with van der Waals surface area (Å²) in [5.74, 6) is 0. The molecule has 0 aliphatic carbocycles. The fourth-order valence-corrected chi connectivity index (χ4v) is 2.31. The van der Waals surface area contributed by atoms with E-state index < -0.39 is 0 Å². The summed E-state index contributed by atoms with van der Waals surface area (Å²) >= 11 is 0. The van der Waals surface area contributed by atoms with Gasteiger partial charge >= 0.3 is 0 Å². The summed E-state index contributed by atoms with van der Waals surface area (Å²) < 4.78 is 1.99. The zero-order valence-corrected chi connectivity index (χ0v) is 12.5. The molecule has 0 unspecified atom stereocenters. The topological polar surface area (TPSA) is 76.9 Å². The van der Waals surface area contributed by atoms with Crippen LogP contribution in [0.15, 0.2) is 60.6 Å². The lowest BCUT2D eigenvalue weighted by molar-refractivity contribution is 1.16. The summed E-state index contributed by atoms with van der Waals surface area (Å²) in [4.78, 5) is 4.67. The number of nitriles is 2. The highest BCUT2D eigenvalue weighted by Gasteiger charge is 2.06. The Morgan fingerprint density at radius 1 is 1.22 bits per heavy atom. The number of aromatic nitrogens is 2. The predicted molar refractivity (Wildman–Crippen MR) is 88.3 cm³/mol. The van der Waals surface area contributed by atoms with Crippen LogP contribution in [0, 0.1) is 29.6 Å². The maximum atomic E-state index is 8.75. The number of rotatable bonds is 3. The van der Waals surface area contributed by atoms with Crippen LogP contribution >= 0.6 is 0 Å². The average molecular weight is 299 g/mol. The molecule has 0 spiro atoms. The number of fused-ring (bicyclic) bond motifs is 1. The Kier molecular flexibility index (Phi) is 3.78. The Morgan fingerprint density at radius 3 is 2.78 bits per heavy atom. The van der Waals surface area contributed by atoms with Gasteiger partial charge in [0.1, 0.15) is 23.4 Å². The van der Waals surface area contributed by atoms with Gasteiger partial charge in [-0.3, -0.25) is 0 Å². The standard InChI is InChI=1S/C18H13N5/c1-13-4-3-7-23-12-17(22-18(13)23)15-5-2-6-16(8-15)21-11-14(9-19)10-20/h2-8,11-12,21H,1H3. The molecule has 110 valence electrons. The van der Waals surface area contributed by atoms with Gasteiger partial charge in [0.25, 0.3) is 0 Å². The van der Waals surface area contributed by atoms with E-state index in [9.17, 15) is 0 Å². The van der Waals surface area contributed by atoms with Crippen molar-refractivity contribution in [2.75, 3.05) is 5.32 Å². The van der Waals surface area contributed by atoms with Gasteiger partial charge in [0.15, 0.2) is 0 Å². The highest BCUT2D eigenvalue weighted by Crippen LogP contribution is 2.23. The quantitative estimate of drug-likeness (QED) is 0.749. The monoisotopic (exact) mass is 299 g/mol. The highest BCUT2D eigenvalue weighted by molar-refractivity contribution is 5.68. The molecular formula is C18H13N5. The van der Waals surface area contributed by atoms with Crippen LogP contribution in [-0.4, -0.2) is 9.38 Å². The molecule has 23 heavy (non-hydrogen) atoms. The van der Waals surface area contributed by atoms with Crippen molar-refractivity contribution >= 4 is 11.3 Å². The molecule has 3 aromatic rings. The van der Waals surface area contributed by atoms with Gasteiger partial charge in [-0.15, -0.1) is 0 Å². The number of nitrogens with zero attached hydrogens (tertiary/aromatic N) is 4. The molecule has 1 N–H and O–H groups in total. The third kappa shape index (κ3) is 2.90. The molecule has 2 aromatic heterocycles. The van der Waals surface area contributed by atoms with Gasteiger partial charge in [0, 0.05) is 29.8 Å². The second-order valence-electron chi connectivity index (χ2n) is 5.05. The first kappa shape index (κ1) is 14.4. The summed E-state index contributed by atoms with van der Waals surface area (Å²) in [5.41, 5.74) is 4.69. The maximum Gasteiger partial charge on any atom is 0.145 e. The van der Waals surface area contributed by atoms with Crippen LogP contribution in [0.1, 0.15) is 5.56 Å². The second kappa shape index (κ2) is 6.05. The van der Waals surface area contributed by atoms with Gasteiger partial charge in [-0.1, -0.05) is 18.2 Å². The van der Waals surface area contributed by atoms with Crippen LogP contribution in [0.3, 0.4) is 0 Å². The van der Waals surface area contributed by atoms with E-state index in [0.29, 0.717) is 0 Å². The van der Waals surface area contributed by atoms with Crippen LogP contribution < -0.4 is 5.32 Å². The minimum Gasteiger partial charge on any atom is -0.360 e. The Hall–Kier alpha value is -3.57. The SMILES string of the molecule is Cc1cccn2cc(-c3cccc(NC=C(C#N)C#N)c3)nc12. The molecule has 5 nitrogen and oxygen atoms in total. The van der Waals surface area contributed by atoms with E-state index in [2.05, 4.69) is 10.3 Å². The Bertz CT molecular complexity index is 967. The van der Waals surface area contributed by atoms with Crippen LogP contribution in [-0.2, 0) is 0 Å². The number of benzene rings is 1. The summed E-state index contributed by atoms with van der Waals surface area (Å²) in [6.07, 6.45) is 5.34. The normalized spacial score (nSPS) is 9.87. The third-order valence-electron chi connectivity index (χ3n) is 3.46. The molecule has 0 saturated carbocycles. The number of imidazole rings is 1. The minimum absolute atomic E-state index is 0.0266. The van der Waals surface area contributed by atoms with E-state index in [4.69, 9.17) is 10.5 Å². The number of pyridine rings is 1. The minimum atomic E-state index is 0.0266. The first-order chi connectivity index (χ1) is 11.2. The number of anilines is 1. The van der Waals surface area contributed by atoms with Gasteiger partial charge < -0.3 is 9.72 Å². The van der Waals surface area contributed by atoms with Gasteiger partial charge in [0.2, 0.25) is 0 Å². The number of aryl methyl sites for hydroxylation is 1. The van der Waals surface area contributed by atoms with Crippen molar-refractivity contribution in [1.29, 1.82) is 10.5 Å². The van der Waals surface area contributed by atoms with Crippen LogP contribution in [0.25, 0.3) is 16.9 Å². The molecule has 0 aliphatic heterocycles. The summed E-state index contributed by atoms with van der Waals surface area (Å²) in [5, 5.41) is 20.5. The molecule has 0 bridgehead atoms. The first-order valence-electron chi connectivity index (χ1n) is 7.03. The highest BCUT2D eigenvalue weighted by atomic mass is 15.0. The zero-order valence-electron chi connectivity index (χ0n) is 12.5. The summed E-state index contributed by atoms with van der Waals surface area (Å²) in [7, 11) is 0. The molecule has 2 heterocycles. The predicted octanol–water partition coefficient (Wildman–Crippen LogP) is 3.65. The van der Waals surface area contributed by atoms with Crippen molar-refractivity contribution < 1.29 is 0 Å². The lowest BCUT2D eigenvalue weighted by atomic mass is 10.1. The van der Waals surface area contributed by atoms with Gasteiger partial charge in [-0.25, -0.2) is 4.98 Å². The number of allylic oxidation sites excluding steroid dienone is 1. The maximum absolute atomic E-state index is 8.75. The van der Waals surface area contributed by atoms with Crippen LogP contribution in [0.4, 0.5) is 5.69 Å². The van der Waals surface area contributed by atoms with Gasteiger partial charge in [0.05, 0.1) is 5.69 Å². The van der Waals surface area contributed by atoms with Crippen molar-refractivity contribution in [3.05, 3.63) is 66.1 Å². The molecule has 0 atom stereocenters. The Morgan fingerprint density at radius 2 is 2.04 bits per heavy atom. The summed E-state index contributed by atoms with van der Waals surface area (Å²) in [6.45, 7) is 2.03. The first-order valence-corrected chi connectivity index (χ1v) is 7.03. The largest absolute Gasteiger partial charge is 0.360 e. The van der Waals surface area contributed by atoms with E-state index in [1.807, 2.05) is 72.3 Å². The van der Waals surface area contributed by atoms with E-state index in [0.717, 1.165) is 28.2 Å². The van der Waals surface area contributed by atoms with Gasteiger partial charge in [-0.05, 0) is 30.7 Å². The number of hydrogen-bond acceptors (Lipinski definition) is 4. The molecule has 0 aliphatic rings. The fraction of sp³-hybridized carbons (Fsp3) is 0.0556. The van der Waals surface area contributed by atoms with Crippen molar-refractivity contribution in [2.24, 2.45) is 0 Å². The van der Waals surface area contributed by atoms with Crippen molar-refractivity contribution in [2.45, 2.75) is 6.92 Å². The molecule has 0 saturated heterocycles. The Balaban J connectivity index is 1.96. The third-order valence-corrected chi connectivity index (χ3v) is 3.46. The van der Waals surface area contributed by atoms with E-state index in [-0.39, 0.29) is 5.57 Å². The van der Waals surface area contributed by atoms with E-state index in [1.54, 1.807) is 0 Å². The number of nitrogens with one attached hydrogen (secondary N) is 1. The van der Waals surface area contributed by atoms with E-state index >= 15 is 0 Å². The zero-order chi connectivity index (χ0) is 16.2. The molecule has 0 fully saturated rings. The van der Waals surface area contributed by atoms with Crippen molar-refractivity contribution in [3.63, 3.8) is 0 Å². The Labute approximate surface area is 133 Å². The van der Waals surface area contributed by atoms with E-state index in [1.165, 1.54) is 6.20 Å². The molecule has 0 amide bonds. The summed E-state index contributed by atoms with van der Waals surface area (Å²) in [6, 6.07) is 15.3. The van der Waals surface area contributed by atoms with Crippen LogP contribution in [0.2, 0.25) is 0 Å². The van der Waals surface area contributed by atoms with Gasteiger partial charge in [-0.2, -0.15) is 10.5 Å². The molecule has 3 rings (SSSR count). The average Bonchev–Trinajstić information content (AvgIpc) is 3.02. The van der Waals surface area contributed by atoms with Crippen molar-refractivity contribution in [3.8, 4) is 23.4 Å². The molecule has 1 aromatic carbocycles. The molecular weight excluding hydrogens is 286 g/mol. The fourth-order valence-electron chi connectivity index (χ4n) is 2.31. The smallest absolute Gasteiger partial charge is 0.145 e. The lowest BCUT2D eigenvalue weighted by Crippen LogP contribution is -1.90. The lowest BCUT2D eigenvalue weighted by Gasteiger charge is -2.02. The van der Waals surface area contributed by atoms with Crippen molar-refractivity contribution in [1.82, 2.24) is 9.38 Å².